The lowest BCUT2D eigenvalue weighted by Crippen LogP contribution is -2.66. The topological polar surface area (TPSA) is 98.0 Å². The zero-order valence-electron chi connectivity index (χ0n) is 23.8. The second kappa shape index (κ2) is 8.81. The van der Waals surface area contributed by atoms with Crippen LogP contribution in [-0.2, 0) is 4.79 Å². The Morgan fingerprint density at radius 2 is 1.61 bits per heavy atom. The molecule has 4 saturated carbocycles. The molecule has 0 saturated heterocycles. The minimum Gasteiger partial charge on any atom is -0.481 e. The molecule has 0 aromatic carbocycles. The van der Waals surface area contributed by atoms with Gasteiger partial charge in [0.2, 0.25) is 0 Å². The van der Waals surface area contributed by atoms with Crippen molar-refractivity contribution in [2.45, 2.75) is 124 Å². The average molecular weight is 505 g/mol. The fourth-order valence-corrected chi connectivity index (χ4v) is 10.6. The van der Waals surface area contributed by atoms with E-state index in [1.807, 2.05) is 6.92 Å². The maximum Gasteiger partial charge on any atom is 0.310 e. The van der Waals surface area contributed by atoms with Crippen LogP contribution in [0.25, 0.3) is 0 Å². The predicted molar refractivity (Wildman–Crippen MR) is 142 cm³/mol. The van der Waals surface area contributed by atoms with E-state index in [-0.39, 0.29) is 39.6 Å². The number of hydrogen-bond donors (Lipinski definition) is 4. The highest BCUT2D eigenvalue weighted by atomic mass is 16.4. The summed E-state index contributed by atoms with van der Waals surface area (Å²) in [5.74, 6) is -0.755. The molecule has 5 nitrogen and oxygen atoms in total. The van der Waals surface area contributed by atoms with Crippen LogP contribution in [0.1, 0.15) is 106 Å². The number of hydrogen-bond acceptors (Lipinski definition) is 4. The highest BCUT2D eigenvalue weighted by molar-refractivity contribution is 5.73. The molecule has 0 aromatic heterocycles. The Morgan fingerprint density at radius 3 is 2.19 bits per heavy atom. The first-order valence-corrected chi connectivity index (χ1v) is 14.4. The highest BCUT2D eigenvalue weighted by Gasteiger charge is 2.71. The lowest BCUT2D eigenvalue weighted by molar-refractivity contribution is -0.246. The molecular formula is C31H52O5. The molecule has 0 spiro atoms. The van der Waals surface area contributed by atoms with Gasteiger partial charge in [-0.15, -0.1) is 0 Å². The van der Waals surface area contributed by atoms with Crippen LogP contribution in [0, 0.1) is 51.2 Å². The minimum absolute atomic E-state index is 0.00389. The molecule has 0 radical (unpaired) electrons. The lowest BCUT2D eigenvalue weighted by Gasteiger charge is -2.70. The largest absolute Gasteiger partial charge is 0.481 e. The number of aliphatic carboxylic acids is 1. The number of carboxylic acid groups (broad SMARTS) is 1. The summed E-state index contributed by atoms with van der Waals surface area (Å²) in [6, 6.07) is 0. The monoisotopic (exact) mass is 504 g/mol. The summed E-state index contributed by atoms with van der Waals surface area (Å²) in [7, 11) is 0. The SMILES string of the molecule is C=C(C)[C@@H](CC[C@](C)(O)[C@H]1CC[C@]2(C)C1[C@H](O)CC1[C@@]3(C)CC[C@H](O)C(C)(C)C3CC[C@]12C)C(=O)O. The van der Waals surface area contributed by atoms with Gasteiger partial charge in [0, 0.05) is 0 Å². The summed E-state index contributed by atoms with van der Waals surface area (Å²) in [6.07, 6.45) is 6.66. The molecule has 3 unspecified atom stereocenters. The molecule has 4 N–H and O–H groups in total. The fourth-order valence-electron chi connectivity index (χ4n) is 10.6. The summed E-state index contributed by atoms with van der Waals surface area (Å²) in [5, 5.41) is 44.0. The molecule has 4 fully saturated rings. The Bertz CT molecular complexity index is 879. The standard InChI is InChI=1S/C31H52O5/c1-18(2)19(26(34)35)9-16-31(8,36)20-10-14-30(7)25(20)21(32)17-23-28(5)13-12-24(33)27(3,4)22(28)11-15-29(23,30)6/h19-25,32-33,36H,1,9-17H2,2-8H3,(H,34,35)/t19-,20+,21-,22?,23?,24+,25?,28+,29-,30-,31+/m1/s1. The van der Waals surface area contributed by atoms with Gasteiger partial charge in [-0.1, -0.05) is 46.8 Å². The summed E-state index contributed by atoms with van der Waals surface area (Å²) >= 11 is 0. The first-order chi connectivity index (χ1) is 16.4. The zero-order valence-corrected chi connectivity index (χ0v) is 23.8. The van der Waals surface area contributed by atoms with Crippen LogP contribution in [0.4, 0.5) is 0 Å². The van der Waals surface area contributed by atoms with Crippen LogP contribution in [-0.4, -0.2) is 44.2 Å². The molecule has 4 aliphatic carbocycles. The van der Waals surface area contributed by atoms with E-state index >= 15 is 0 Å². The summed E-state index contributed by atoms with van der Waals surface area (Å²) < 4.78 is 0. The third-order valence-electron chi connectivity index (χ3n) is 13.0. The van der Waals surface area contributed by atoms with Crippen molar-refractivity contribution in [3.05, 3.63) is 12.2 Å². The van der Waals surface area contributed by atoms with E-state index in [1.165, 1.54) is 0 Å². The highest BCUT2D eigenvalue weighted by Crippen LogP contribution is 2.75. The minimum atomic E-state index is -1.03. The number of rotatable bonds is 6. The van der Waals surface area contributed by atoms with Crippen LogP contribution in [0.2, 0.25) is 0 Å². The van der Waals surface area contributed by atoms with E-state index in [9.17, 15) is 25.2 Å². The molecule has 5 heteroatoms. The third kappa shape index (κ3) is 3.85. The normalized spacial score (nSPS) is 48.2. The van der Waals surface area contributed by atoms with Crippen LogP contribution in [0.3, 0.4) is 0 Å². The molecule has 0 heterocycles. The van der Waals surface area contributed by atoms with Crippen molar-refractivity contribution in [2.75, 3.05) is 0 Å². The number of aliphatic hydroxyl groups excluding tert-OH is 2. The molecule has 0 aliphatic heterocycles. The molecule has 0 amide bonds. The summed E-state index contributed by atoms with van der Waals surface area (Å²) in [6.45, 7) is 19.2. The number of carboxylic acids is 1. The van der Waals surface area contributed by atoms with Gasteiger partial charge in [0.05, 0.1) is 23.7 Å². The molecule has 36 heavy (non-hydrogen) atoms. The summed E-state index contributed by atoms with van der Waals surface area (Å²) in [4.78, 5) is 11.7. The van der Waals surface area contributed by atoms with Gasteiger partial charge in [0.1, 0.15) is 0 Å². The Labute approximate surface area is 218 Å². The maximum atomic E-state index is 11.8. The molecule has 0 aromatic rings. The third-order valence-corrected chi connectivity index (χ3v) is 13.0. The van der Waals surface area contributed by atoms with Crippen molar-refractivity contribution >= 4 is 5.97 Å². The zero-order chi connectivity index (χ0) is 27.1. The second-order valence-corrected chi connectivity index (χ2v) is 15.0. The smallest absolute Gasteiger partial charge is 0.310 e. The fraction of sp³-hybridized carbons (Fsp3) is 0.903. The van der Waals surface area contributed by atoms with Gasteiger partial charge in [-0.3, -0.25) is 4.79 Å². The number of carbonyl (C=O) groups is 1. The Morgan fingerprint density at radius 1 is 1.00 bits per heavy atom. The van der Waals surface area contributed by atoms with Crippen molar-refractivity contribution in [3.8, 4) is 0 Å². The quantitative estimate of drug-likeness (QED) is 0.342. The second-order valence-electron chi connectivity index (χ2n) is 15.0. The predicted octanol–water partition coefficient (Wildman–Crippen LogP) is 5.81. The van der Waals surface area contributed by atoms with Crippen LogP contribution >= 0.6 is 0 Å². The van der Waals surface area contributed by atoms with E-state index in [2.05, 4.69) is 41.2 Å². The first-order valence-electron chi connectivity index (χ1n) is 14.4. The maximum absolute atomic E-state index is 11.8. The van der Waals surface area contributed by atoms with Crippen LogP contribution in [0.5, 0.6) is 0 Å². The van der Waals surface area contributed by atoms with Crippen molar-refractivity contribution in [1.29, 1.82) is 0 Å². The number of aliphatic hydroxyl groups is 3. The lowest BCUT2D eigenvalue weighted by atomic mass is 9.35. The van der Waals surface area contributed by atoms with E-state index < -0.39 is 23.6 Å². The van der Waals surface area contributed by atoms with Gasteiger partial charge in [0.25, 0.3) is 0 Å². The van der Waals surface area contributed by atoms with E-state index in [0.717, 1.165) is 44.9 Å². The Kier molecular flexibility index (Phi) is 6.88. The molecule has 206 valence electrons. The van der Waals surface area contributed by atoms with Gasteiger partial charge < -0.3 is 20.4 Å². The first kappa shape index (κ1) is 28.1. The molecule has 0 bridgehead atoms. The van der Waals surface area contributed by atoms with Gasteiger partial charge in [-0.2, -0.15) is 0 Å². The van der Waals surface area contributed by atoms with Crippen molar-refractivity contribution < 1.29 is 25.2 Å². The van der Waals surface area contributed by atoms with Gasteiger partial charge in [-0.05, 0) is 117 Å². The van der Waals surface area contributed by atoms with E-state index in [4.69, 9.17) is 0 Å². The Balaban J connectivity index is 1.63. The average Bonchev–Trinajstić information content (AvgIpc) is 3.13. The Hall–Kier alpha value is -0.910. The summed E-state index contributed by atoms with van der Waals surface area (Å²) in [5.41, 5.74) is -0.475. The molecule has 4 aliphatic rings. The molecule has 11 atom stereocenters. The van der Waals surface area contributed by atoms with Gasteiger partial charge in [0.15, 0.2) is 0 Å². The van der Waals surface area contributed by atoms with Crippen LogP contribution < -0.4 is 0 Å². The van der Waals surface area contributed by atoms with Crippen LogP contribution in [0.15, 0.2) is 12.2 Å². The molecule has 4 rings (SSSR count). The molecular weight excluding hydrogens is 452 g/mol. The van der Waals surface area contributed by atoms with Gasteiger partial charge in [-0.25, -0.2) is 0 Å². The number of fused-ring (bicyclic) bond motifs is 5. The van der Waals surface area contributed by atoms with Gasteiger partial charge >= 0.3 is 5.97 Å². The van der Waals surface area contributed by atoms with Crippen molar-refractivity contribution in [1.82, 2.24) is 0 Å². The van der Waals surface area contributed by atoms with E-state index in [1.54, 1.807) is 6.92 Å². The van der Waals surface area contributed by atoms with E-state index in [0.29, 0.717) is 30.3 Å². The van der Waals surface area contributed by atoms with Crippen molar-refractivity contribution in [3.63, 3.8) is 0 Å². The van der Waals surface area contributed by atoms with Crippen molar-refractivity contribution in [2.24, 2.45) is 51.2 Å².